The van der Waals surface area contributed by atoms with Crippen molar-refractivity contribution in [2.24, 2.45) is 0 Å². The van der Waals surface area contributed by atoms with Crippen LogP contribution in [-0.2, 0) is 10.7 Å². The van der Waals surface area contributed by atoms with E-state index in [0.717, 1.165) is 12.4 Å². The molecule has 0 aliphatic rings. The first-order valence-corrected chi connectivity index (χ1v) is 2.66. The van der Waals surface area contributed by atoms with Gasteiger partial charge in [0, 0.05) is 12.4 Å². The zero-order valence-electron chi connectivity index (χ0n) is 5.62. The largest absolute Gasteiger partial charge is 0.476 e. The maximum atomic E-state index is 12.4. The van der Waals surface area contributed by atoms with Crippen molar-refractivity contribution in [3.05, 3.63) is 18.2 Å². The van der Waals surface area contributed by atoms with Crippen LogP contribution in [0.2, 0.25) is 0 Å². The Balaban J connectivity index is 0.00000121. The number of carbonyl (C=O) groups is 1. The Labute approximate surface area is 72.0 Å². The minimum atomic E-state index is -3.93. The topological polar surface area (TPSA) is 66.0 Å². The molecular weight excluding hydrogens is 194 g/mol. The minimum absolute atomic E-state index is 0. The monoisotopic (exact) mass is 198 g/mol. The molecule has 0 amide bonds. The predicted molar refractivity (Wildman–Crippen MR) is 37.4 cm³/mol. The summed E-state index contributed by atoms with van der Waals surface area (Å²) in [6, 6.07) is 0. The van der Waals surface area contributed by atoms with Crippen LogP contribution in [-0.4, -0.2) is 21.0 Å². The Morgan fingerprint density at radius 3 is 2.58 bits per heavy atom. The molecule has 0 aliphatic carbocycles. The Hall–Kier alpha value is -1.17. The highest BCUT2D eigenvalue weighted by atomic mass is 35.5. The van der Waals surface area contributed by atoms with E-state index in [4.69, 9.17) is 5.11 Å². The number of hydrogen-bond acceptors (Lipinski definition) is 2. The van der Waals surface area contributed by atoms with E-state index in [1.807, 2.05) is 4.98 Å². The highest BCUT2D eigenvalue weighted by molar-refractivity contribution is 5.85. The van der Waals surface area contributed by atoms with E-state index in [-0.39, 0.29) is 12.4 Å². The highest BCUT2D eigenvalue weighted by Gasteiger charge is 2.43. The fourth-order valence-corrected chi connectivity index (χ4v) is 0.538. The molecule has 0 bridgehead atoms. The van der Waals surface area contributed by atoms with E-state index < -0.39 is 17.7 Å². The molecule has 2 N–H and O–H groups in total. The summed E-state index contributed by atoms with van der Waals surface area (Å²) >= 11 is 0. The molecule has 12 heavy (non-hydrogen) atoms. The van der Waals surface area contributed by atoms with Gasteiger partial charge in [0.1, 0.15) is 0 Å². The van der Waals surface area contributed by atoms with Crippen LogP contribution in [0.1, 0.15) is 5.82 Å². The van der Waals surface area contributed by atoms with Crippen molar-refractivity contribution in [1.82, 2.24) is 9.97 Å². The SMILES string of the molecule is Cl.O=C(O)C(F)(F)c1ncc[nH]1. The van der Waals surface area contributed by atoms with Crippen LogP contribution < -0.4 is 0 Å². The Morgan fingerprint density at radius 1 is 1.67 bits per heavy atom. The lowest BCUT2D eigenvalue weighted by Gasteiger charge is -2.05. The molecule has 68 valence electrons. The number of imidazole rings is 1. The van der Waals surface area contributed by atoms with Gasteiger partial charge in [0.05, 0.1) is 0 Å². The third-order valence-electron chi connectivity index (χ3n) is 1.06. The molecule has 0 aliphatic heterocycles. The lowest BCUT2D eigenvalue weighted by atomic mass is 10.3. The summed E-state index contributed by atoms with van der Waals surface area (Å²) in [5.74, 6) is -7.00. The van der Waals surface area contributed by atoms with Crippen LogP contribution in [0.5, 0.6) is 0 Å². The molecule has 0 saturated carbocycles. The summed E-state index contributed by atoms with van der Waals surface area (Å²) in [4.78, 5) is 15.0. The number of carboxylic acids is 1. The second-order valence-corrected chi connectivity index (χ2v) is 1.82. The molecule has 0 aromatic carbocycles. The molecule has 0 atom stereocenters. The fraction of sp³-hybridized carbons (Fsp3) is 0.200. The standard InChI is InChI=1S/C5H4F2N2O2.ClH/c6-5(7,4(10)11)3-8-1-2-9-3;/h1-2H,(H,8,9)(H,10,11);1H. The first kappa shape index (κ1) is 10.8. The molecule has 0 fully saturated rings. The van der Waals surface area contributed by atoms with Crippen LogP contribution in [0.3, 0.4) is 0 Å². The summed E-state index contributed by atoms with van der Waals surface area (Å²) in [5.41, 5.74) is 0. The smallest absolute Gasteiger partial charge is 0.399 e. The Kier molecular flexibility index (Phi) is 3.15. The number of alkyl halides is 2. The van der Waals surface area contributed by atoms with Crippen molar-refractivity contribution in [3.8, 4) is 0 Å². The quantitative estimate of drug-likeness (QED) is 0.745. The van der Waals surface area contributed by atoms with Crippen molar-refractivity contribution in [2.75, 3.05) is 0 Å². The van der Waals surface area contributed by atoms with E-state index in [1.54, 1.807) is 0 Å². The van der Waals surface area contributed by atoms with Crippen molar-refractivity contribution < 1.29 is 18.7 Å². The number of hydrogen-bond donors (Lipinski definition) is 2. The van der Waals surface area contributed by atoms with Gasteiger partial charge in [-0.05, 0) is 0 Å². The maximum absolute atomic E-state index is 12.4. The predicted octanol–water partition coefficient (Wildman–Crippen LogP) is 1.01. The number of aromatic nitrogens is 2. The normalized spacial score (nSPS) is 10.5. The number of nitrogens with one attached hydrogen (secondary N) is 1. The van der Waals surface area contributed by atoms with Crippen LogP contribution in [0.15, 0.2) is 12.4 Å². The molecule has 0 radical (unpaired) electrons. The molecule has 1 rings (SSSR count). The molecule has 1 aromatic rings. The van der Waals surface area contributed by atoms with Crippen LogP contribution in [0.4, 0.5) is 8.78 Å². The van der Waals surface area contributed by atoms with Crippen LogP contribution in [0.25, 0.3) is 0 Å². The van der Waals surface area contributed by atoms with Gasteiger partial charge >= 0.3 is 11.9 Å². The van der Waals surface area contributed by atoms with Gasteiger partial charge in [-0.15, -0.1) is 12.4 Å². The zero-order chi connectivity index (χ0) is 8.48. The number of carboxylic acid groups (broad SMARTS) is 1. The molecule has 0 saturated heterocycles. The minimum Gasteiger partial charge on any atom is -0.476 e. The number of halogens is 3. The number of rotatable bonds is 2. The average molecular weight is 199 g/mol. The molecule has 1 aromatic heterocycles. The second-order valence-electron chi connectivity index (χ2n) is 1.82. The van der Waals surface area contributed by atoms with E-state index >= 15 is 0 Å². The van der Waals surface area contributed by atoms with Gasteiger partial charge < -0.3 is 10.1 Å². The summed E-state index contributed by atoms with van der Waals surface area (Å²) in [6.07, 6.45) is 2.19. The lowest BCUT2D eigenvalue weighted by molar-refractivity contribution is -0.167. The van der Waals surface area contributed by atoms with Gasteiger partial charge in [0.25, 0.3) is 0 Å². The summed E-state index contributed by atoms with van der Waals surface area (Å²) in [7, 11) is 0. The Morgan fingerprint density at radius 2 is 2.25 bits per heavy atom. The van der Waals surface area contributed by atoms with E-state index in [1.165, 1.54) is 0 Å². The van der Waals surface area contributed by atoms with Crippen molar-refractivity contribution in [1.29, 1.82) is 0 Å². The van der Waals surface area contributed by atoms with Gasteiger partial charge in [-0.25, -0.2) is 9.78 Å². The van der Waals surface area contributed by atoms with Crippen LogP contribution >= 0.6 is 12.4 Å². The number of H-pyrrole nitrogens is 1. The molecule has 7 heteroatoms. The van der Waals surface area contributed by atoms with Crippen molar-refractivity contribution >= 4 is 18.4 Å². The number of nitrogens with zero attached hydrogens (tertiary/aromatic N) is 1. The van der Waals surface area contributed by atoms with Gasteiger partial charge in [0.2, 0.25) is 0 Å². The van der Waals surface area contributed by atoms with Gasteiger partial charge in [-0.1, -0.05) is 0 Å². The zero-order valence-corrected chi connectivity index (χ0v) is 6.44. The molecule has 0 spiro atoms. The first-order chi connectivity index (χ1) is 5.05. The van der Waals surface area contributed by atoms with Gasteiger partial charge in [-0.3, -0.25) is 0 Å². The first-order valence-electron chi connectivity index (χ1n) is 2.66. The summed E-state index contributed by atoms with van der Waals surface area (Å²) in [5, 5.41) is 8.00. The third-order valence-corrected chi connectivity index (χ3v) is 1.06. The molecular formula is C5H5ClF2N2O2. The third kappa shape index (κ3) is 1.70. The molecule has 0 unspecified atom stereocenters. The maximum Gasteiger partial charge on any atom is 0.399 e. The van der Waals surface area contributed by atoms with Crippen molar-refractivity contribution in [2.45, 2.75) is 5.92 Å². The lowest BCUT2D eigenvalue weighted by Crippen LogP contribution is -2.26. The summed E-state index contributed by atoms with van der Waals surface area (Å²) in [6.45, 7) is 0. The summed E-state index contributed by atoms with van der Waals surface area (Å²) < 4.78 is 24.8. The number of aromatic amines is 1. The fourth-order valence-electron chi connectivity index (χ4n) is 0.538. The van der Waals surface area contributed by atoms with E-state index in [0.29, 0.717) is 0 Å². The van der Waals surface area contributed by atoms with E-state index in [2.05, 4.69) is 4.98 Å². The van der Waals surface area contributed by atoms with Gasteiger partial charge in [-0.2, -0.15) is 8.78 Å². The second kappa shape index (κ2) is 3.48. The van der Waals surface area contributed by atoms with Crippen LogP contribution in [0, 0.1) is 0 Å². The Bertz CT molecular complexity index is 262. The van der Waals surface area contributed by atoms with E-state index in [9.17, 15) is 13.6 Å². The average Bonchev–Trinajstić information content (AvgIpc) is 2.37. The van der Waals surface area contributed by atoms with Gasteiger partial charge in [0.15, 0.2) is 5.82 Å². The van der Waals surface area contributed by atoms with Crippen molar-refractivity contribution in [3.63, 3.8) is 0 Å². The molecule has 4 nitrogen and oxygen atoms in total. The number of aliphatic carboxylic acids is 1. The molecule has 1 heterocycles. The highest BCUT2D eigenvalue weighted by Crippen LogP contribution is 2.24.